The van der Waals surface area contributed by atoms with Gasteiger partial charge in [-0.05, 0) is 43.0 Å². The first-order chi connectivity index (χ1) is 17.2. The minimum Gasteiger partial charge on any atom is -0.493 e. The fraction of sp³-hybridized carbons (Fsp3) is 0.467. The van der Waals surface area contributed by atoms with Crippen molar-refractivity contribution in [2.45, 2.75) is 53.1 Å². The highest BCUT2D eigenvalue weighted by atomic mass is 16.5. The highest BCUT2D eigenvalue weighted by Crippen LogP contribution is 2.43. The molecule has 2 aromatic carbocycles. The second-order valence-electron chi connectivity index (χ2n) is 11.0. The van der Waals surface area contributed by atoms with Gasteiger partial charge in [-0.1, -0.05) is 20.8 Å². The standard InChI is InChI=1S/C30H37N2O4/c1-30(2,3)28(33)10-8-12-32-11-7-9-19-14-22-25(17-24(19)32)36-18-21-13-20-15-26(34-5)27(35-6)16-23(20)31(4)29(21)22/h13-17H,7-12,18H2,1-6H3/q+1. The first kappa shape index (κ1) is 24.4. The monoisotopic (exact) mass is 489 g/mol. The number of fused-ring (bicyclic) bond motifs is 5. The van der Waals surface area contributed by atoms with Crippen LogP contribution < -0.4 is 23.7 Å². The Balaban J connectivity index is 1.50. The minimum absolute atomic E-state index is 0.269. The lowest BCUT2D eigenvalue weighted by Crippen LogP contribution is -2.35. The third kappa shape index (κ3) is 4.27. The Morgan fingerprint density at radius 1 is 1.06 bits per heavy atom. The van der Waals surface area contributed by atoms with E-state index in [0.717, 1.165) is 71.6 Å². The van der Waals surface area contributed by atoms with E-state index in [1.54, 1.807) is 14.2 Å². The van der Waals surface area contributed by atoms with Crippen LogP contribution in [0.4, 0.5) is 5.69 Å². The number of nitrogens with zero attached hydrogens (tertiary/aromatic N) is 2. The molecule has 190 valence electrons. The molecule has 0 saturated carbocycles. The van der Waals surface area contributed by atoms with Crippen LogP contribution in [-0.4, -0.2) is 33.1 Å². The van der Waals surface area contributed by atoms with E-state index in [-0.39, 0.29) is 5.41 Å². The summed E-state index contributed by atoms with van der Waals surface area (Å²) in [6.45, 7) is 8.45. The van der Waals surface area contributed by atoms with Crippen LogP contribution in [0.15, 0.2) is 30.3 Å². The number of pyridine rings is 1. The van der Waals surface area contributed by atoms with Gasteiger partial charge < -0.3 is 19.1 Å². The summed E-state index contributed by atoms with van der Waals surface area (Å²) in [5.41, 5.74) is 6.91. The molecule has 0 radical (unpaired) electrons. The summed E-state index contributed by atoms with van der Waals surface area (Å²) in [5, 5.41) is 1.09. The van der Waals surface area contributed by atoms with Crippen LogP contribution in [0, 0.1) is 5.41 Å². The van der Waals surface area contributed by atoms with Crippen LogP contribution in [0.1, 0.15) is 51.2 Å². The van der Waals surface area contributed by atoms with E-state index in [1.807, 2.05) is 32.9 Å². The molecule has 5 rings (SSSR count). The Kier molecular flexibility index (Phi) is 6.31. The predicted molar refractivity (Wildman–Crippen MR) is 142 cm³/mol. The van der Waals surface area contributed by atoms with Crippen LogP contribution in [0.25, 0.3) is 22.2 Å². The minimum atomic E-state index is -0.269. The summed E-state index contributed by atoms with van der Waals surface area (Å²) in [7, 11) is 5.44. The fourth-order valence-electron chi connectivity index (χ4n) is 5.53. The average molecular weight is 490 g/mol. The molecule has 6 heteroatoms. The normalized spacial score (nSPS) is 14.6. The van der Waals surface area contributed by atoms with Crippen molar-refractivity contribution in [3.8, 4) is 28.5 Å². The lowest BCUT2D eigenvalue weighted by Gasteiger charge is -2.33. The molecular weight excluding hydrogens is 452 g/mol. The first-order valence-corrected chi connectivity index (χ1v) is 12.9. The Bertz CT molecular complexity index is 1340. The number of hydrogen-bond donors (Lipinski definition) is 0. The maximum Gasteiger partial charge on any atom is 0.223 e. The van der Waals surface area contributed by atoms with Crippen LogP contribution in [0.3, 0.4) is 0 Å². The van der Waals surface area contributed by atoms with Crippen molar-refractivity contribution in [1.82, 2.24) is 0 Å². The Hall–Kier alpha value is -3.28. The summed E-state index contributed by atoms with van der Waals surface area (Å²) in [5.74, 6) is 2.70. The maximum absolute atomic E-state index is 12.4. The number of methoxy groups -OCH3 is 2. The van der Waals surface area contributed by atoms with Gasteiger partial charge in [0.15, 0.2) is 11.5 Å². The van der Waals surface area contributed by atoms with Crippen molar-refractivity contribution in [3.05, 3.63) is 41.5 Å². The summed E-state index contributed by atoms with van der Waals surface area (Å²) in [6.07, 6.45) is 3.68. The molecule has 0 N–H and O–H groups in total. The summed E-state index contributed by atoms with van der Waals surface area (Å²) < 4.78 is 19.7. The van der Waals surface area contributed by atoms with Crippen molar-refractivity contribution in [3.63, 3.8) is 0 Å². The van der Waals surface area contributed by atoms with Gasteiger partial charge in [0, 0.05) is 36.7 Å². The Morgan fingerprint density at radius 3 is 2.53 bits per heavy atom. The van der Waals surface area contributed by atoms with Crippen molar-refractivity contribution < 1.29 is 23.6 Å². The smallest absolute Gasteiger partial charge is 0.223 e. The average Bonchev–Trinajstić information content (AvgIpc) is 2.86. The molecule has 0 atom stereocenters. The molecule has 1 aromatic heterocycles. The van der Waals surface area contributed by atoms with Gasteiger partial charge in [-0.2, -0.15) is 4.57 Å². The summed E-state index contributed by atoms with van der Waals surface area (Å²) in [4.78, 5) is 14.8. The van der Waals surface area contributed by atoms with E-state index < -0.39 is 0 Å². The van der Waals surface area contributed by atoms with E-state index in [2.05, 4.69) is 34.7 Å². The number of benzene rings is 2. The Morgan fingerprint density at radius 2 is 1.81 bits per heavy atom. The molecule has 0 fully saturated rings. The number of hydrogen-bond acceptors (Lipinski definition) is 5. The molecule has 0 spiro atoms. The topological polar surface area (TPSA) is 51.9 Å². The number of anilines is 1. The van der Waals surface area contributed by atoms with Crippen LogP contribution in [0.2, 0.25) is 0 Å². The molecule has 0 saturated heterocycles. The van der Waals surface area contributed by atoms with Gasteiger partial charge in [0.1, 0.15) is 25.2 Å². The zero-order valence-electron chi connectivity index (χ0n) is 22.4. The molecule has 36 heavy (non-hydrogen) atoms. The van der Waals surface area contributed by atoms with Gasteiger partial charge in [-0.3, -0.25) is 4.79 Å². The number of carbonyl (C=O) groups excluding carboxylic acids is 1. The molecule has 0 amide bonds. The first-order valence-electron chi connectivity index (χ1n) is 12.9. The van der Waals surface area contributed by atoms with Gasteiger partial charge in [-0.25, -0.2) is 0 Å². The van der Waals surface area contributed by atoms with Gasteiger partial charge >= 0.3 is 0 Å². The molecule has 2 aliphatic heterocycles. The summed E-state index contributed by atoms with van der Waals surface area (Å²) in [6, 6.07) is 10.8. The van der Waals surface area contributed by atoms with Crippen molar-refractivity contribution in [1.29, 1.82) is 0 Å². The zero-order chi connectivity index (χ0) is 25.6. The van der Waals surface area contributed by atoms with Gasteiger partial charge in [0.2, 0.25) is 11.2 Å². The number of aryl methyl sites for hydroxylation is 2. The highest BCUT2D eigenvalue weighted by molar-refractivity contribution is 5.85. The van der Waals surface area contributed by atoms with Crippen molar-refractivity contribution >= 4 is 22.4 Å². The van der Waals surface area contributed by atoms with E-state index in [0.29, 0.717) is 18.8 Å². The molecular formula is C30H37N2O4+. The molecule has 0 unspecified atom stereocenters. The second kappa shape index (κ2) is 9.30. The molecule has 3 heterocycles. The van der Waals surface area contributed by atoms with Gasteiger partial charge in [0.05, 0.1) is 36.8 Å². The maximum atomic E-state index is 12.4. The number of aromatic nitrogens is 1. The number of rotatable bonds is 6. The number of ketones is 1. The van der Waals surface area contributed by atoms with Gasteiger partial charge in [-0.15, -0.1) is 0 Å². The van der Waals surface area contributed by atoms with E-state index in [9.17, 15) is 4.79 Å². The number of ether oxygens (including phenoxy) is 3. The van der Waals surface area contributed by atoms with Crippen LogP contribution in [-0.2, 0) is 24.9 Å². The third-order valence-electron chi connectivity index (χ3n) is 7.57. The fourth-order valence-corrected chi connectivity index (χ4v) is 5.53. The SMILES string of the molecule is COc1cc2cc3c([n+](C)c2cc1OC)-c1cc2c(cc1OC3)N(CCCC(=O)C(C)(C)C)CCC2. The lowest BCUT2D eigenvalue weighted by atomic mass is 9.88. The van der Waals surface area contributed by atoms with Crippen LogP contribution >= 0.6 is 0 Å². The quantitative estimate of drug-likeness (QED) is 0.435. The van der Waals surface area contributed by atoms with Crippen molar-refractivity contribution in [2.75, 3.05) is 32.2 Å². The van der Waals surface area contributed by atoms with Crippen LogP contribution in [0.5, 0.6) is 17.2 Å². The molecule has 6 nitrogen and oxygen atoms in total. The lowest BCUT2D eigenvalue weighted by molar-refractivity contribution is -0.634. The number of carbonyl (C=O) groups is 1. The number of Topliss-reactive ketones (excluding diaryl/α,β-unsaturated/α-hetero) is 1. The third-order valence-corrected chi connectivity index (χ3v) is 7.57. The molecule has 0 bridgehead atoms. The Labute approximate surface area is 213 Å². The zero-order valence-corrected chi connectivity index (χ0v) is 22.4. The molecule has 3 aromatic rings. The molecule has 2 aliphatic rings. The van der Waals surface area contributed by atoms with E-state index in [1.165, 1.54) is 16.9 Å². The van der Waals surface area contributed by atoms with Crippen molar-refractivity contribution in [2.24, 2.45) is 12.5 Å². The summed E-state index contributed by atoms with van der Waals surface area (Å²) >= 11 is 0. The largest absolute Gasteiger partial charge is 0.493 e. The van der Waals surface area contributed by atoms with Gasteiger partial charge in [0.25, 0.3) is 0 Å². The predicted octanol–water partition coefficient (Wildman–Crippen LogP) is 5.39. The highest BCUT2D eigenvalue weighted by Gasteiger charge is 2.31. The molecule has 0 aliphatic carbocycles. The van der Waals surface area contributed by atoms with E-state index >= 15 is 0 Å². The van der Waals surface area contributed by atoms with E-state index in [4.69, 9.17) is 14.2 Å². The second-order valence-corrected chi connectivity index (χ2v) is 11.0.